The maximum Gasteiger partial charge on any atom is 0.416 e. The van der Waals surface area contributed by atoms with Gasteiger partial charge in [0.2, 0.25) is 5.13 Å². The second-order valence-corrected chi connectivity index (χ2v) is 4.72. The largest absolute Gasteiger partial charge is 0.416 e. The number of thiazole rings is 1. The van der Waals surface area contributed by atoms with E-state index in [4.69, 9.17) is 10.5 Å². The summed E-state index contributed by atoms with van der Waals surface area (Å²) in [6.07, 6.45) is -4.36. The van der Waals surface area contributed by atoms with Gasteiger partial charge >= 0.3 is 6.18 Å². The molecule has 0 aliphatic heterocycles. The highest BCUT2D eigenvalue weighted by molar-refractivity contribution is 7.22. The summed E-state index contributed by atoms with van der Waals surface area (Å²) in [5.74, 6) is 0.220. The number of aliphatic imine (C=N–C) groups is 1. The van der Waals surface area contributed by atoms with E-state index < -0.39 is 11.7 Å². The quantitative estimate of drug-likeness (QED) is 0.698. The van der Waals surface area contributed by atoms with Gasteiger partial charge in [-0.25, -0.2) is 9.98 Å². The molecule has 0 unspecified atom stereocenters. The highest BCUT2D eigenvalue weighted by atomic mass is 32.1. The average Bonchev–Trinajstić information content (AvgIpc) is 2.68. The number of aromatic nitrogens is 1. The standard InChI is InChI=1S/C11H10F3N3OS/c1-18-5-9(15)17-10-16-7-3-2-6(11(12,13)14)4-8(7)19-10/h2-4H,5H2,1H3,(H2,15,16,17). The summed E-state index contributed by atoms with van der Waals surface area (Å²) < 4.78 is 42.9. The lowest BCUT2D eigenvalue weighted by Gasteiger charge is -2.04. The Morgan fingerprint density at radius 3 is 2.84 bits per heavy atom. The summed E-state index contributed by atoms with van der Waals surface area (Å²) in [6, 6.07) is 3.37. The number of benzene rings is 1. The Bertz CT molecular complexity index is 621. The summed E-state index contributed by atoms with van der Waals surface area (Å²) in [5.41, 5.74) is 5.30. The fraction of sp³-hybridized carbons (Fsp3) is 0.273. The van der Waals surface area contributed by atoms with Crippen LogP contribution in [0.1, 0.15) is 5.56 Å². The van der Waals surface area contributed by atoms with Crippen molar-refractivity contribution in [2.24, 2.45) is 10.7 Å². The molecule has 0 radical (unpaired) electrons. The number of rotatable bonds is 3. The summed E-state index contributed by atoms with van der Waals surface area (Å²) in [7, 11) is 1.47. The van der Waals surface area contributed by atoms with Crippen molar-refractivity contribution < 1.29 is 17.9 Å². The Balaban J connectivity index is 2.38. The number of fused-ring (bicyclic) bond motifs is 1. The van der Waals surface area contributed by atoms with Crippen LogP contribution < -0.4 is 5.73 Å². The molecule has 2 rings (SSSR count). The zero-order chi connectivity index (χ0) is 14.0. The molecule has 8 heteroatoms. The third kappa shape index (κ3) is 3.21. The second kappa shape index (κ2) is 5.14. The molecule has 0 saturated carbocycles. The number of hydrogen-bond acceptors (Lipinski definition) is 4. The molecule has 0 atom stereocenters. The van der Waals surface area contributed by atoms with Gasteiger partial charge in [-0.3, -0.25) is 0 Å². The van der Waals surface area contributed by atoms with Gasteiger partial charge in [0.05, 0.1) is 15.8 Å². The van der Waals surface area contributed by atoms with Crippen LogP contribution in [0.4, 0.5) is 18.3 Å². The molecule has 1 aromatic carbocycles. The second-order valence-electron chi connectivity index (χ2n) is 3.71. The number of ether oxygens (including phenoxy) is 1. The number of nitrogens with two attached hydrogens (primary N) is 1. The minimum absolute atomic E-state index is 0.143. The summed E-state index contributed by atoms with van der Waals surface area (Å²) >= 11 is 1.05. The van der Waals surface area contributed by atoms with Gasteiger partial charge in [-0.15, -0.1) is 0 Å². The maximum absolute atomic E-state index is 12.6. The van der Waals surface area contributed by atoms with E-state index in [1.165, 1.54) is 13.2 Å². The van der Waals surface area contributed by atoms with Gasteiger partial charge in [0.25, 0.3) is 0 Å². The predicted molar refractivity (Wildman–Crippen MR) is 67.8 cm³/mol. The number of amidine groups is 1. The molecule has 1 aromatic heterocycles. The third-order valence-electron chi connectivity index (χ3n) is 2.24. The Labute approximate surface area is 110 Å². The van der Waals surface area contributed by atoms with E-state index in [0.29, 0.717) is 15.3 Å². The Morgan fingerprint density at radius 2 is 2.21 bits per heavy atom. The van der Waals surface area contributed by atoms with Crippen LogP contribution in [0.2, 0.25) is 0 Å². The van der Waals surface area contributed by atoms with Crippen molar-refractivity contribution in [2.75, 3.05) is 13.7 Å². The molecule has 0 saturated heterocycles. The van der Waals surface area contributed by atoms with Crippen molar-refractivity contribution in [3.8, 4) is 0 Å². The highest BCUT2D eigenvalue weighted by Crippen LogP contribution is 2.34. The molecule has 4 nitrogen and oxygen atoms in total. The Kier molecular flexibility index (Phi) is 3.72. The fourth-order valence-corrected chi connectivity index (χ4v) is 2.35. The number of nitrogens with zero attached hydrogens (tertiary/aromatic N) is 2. The number of halogens is 3. The van der Waals surface area contributed by atoms with Crippen LogP contribution in [-0.4, -0.2) is 24.5 Å². The molecule has 1 heterocycles. The zero-order valence-electron chi connectivity index (χ0n) is 9.86. The van der Waals surface area contributed by atoms with E-state index in [2.05, 4.69) is 9.98 Å². The topological polar surface area (TPSA) is 60.5 Å². The average molecular weight is 289 g/mol. The fourth-order valence-electron chi connectivity index (χ4n) is 1.44. The van der Waals surface area contributed by atoms with Crippen molar-refractivity contribution >= 4 is 32.5 Å². The first-order chi connectivity index (χ1) is 8.90. The lowest BCUT2D eigenvalue weighted by Crippen LogP contribution is -2.17. The first kappa shape index (κ1) is 13.8. The molecule has 0 fully saturated rings. The van der Waals surface area contributed by atoms with Gasteiger partial charge in [-0.1, -0.05) is 11.3 Å². The SMILES string of the molecule is COCC(N)=Nc1nc2ccc(C(F)(F)F)cc2s1. The molecule has 0 aliphatic rings. The lowest BCUT2D eigenvalue weighted by molar-refractivity contribution is -0.137. The zero-order valence-corrected chi connectivity index (χ0v) is 10.7. The summed E-state index contributed by atoms with van der Waals surface area (Å²) in [4.78, 5) is 8.06. The highest BCUT2D eigenvalue weighted by Gasteiger charge is 2.30. The molecular weight excluding hydrogens is 279 g/mol. The van der Waals surface area contributed by atoms with Crippen LogP contribution in [0.25, 0.3) is 10.2 Å². The molecule has 0 amide bonds. The van der Waals surface area contributed by atoms with Crippen molar-refractivity contribution in [3.63, 3.8) is 0 Å². The molecular formula is C11H10F3N3OS. The smallest absolute Gasteiger partial charge is 0.385 e. The Morgan fingerprint density at radius 1 is 1.47 bits per heavy atom. The Hall–Kier alpha value is -1.67. The van der Waals surface area contributed by atoms with E-state index in [1.807, 2.05) is 0 Å². The van der Waals surface area contributed by atoms with E-state index in [0.717, 1.165) is 23.5 Å². The minimum Gasteiger partial charge on any atom is -0.385 e. The summed E-state index contributed by atoms with van der Waals surface area (Å²) in [5, 5.41) is 0.309. The van der Waals surface area contributed by atoms with Crippen molar-refractivity contribution in [1.29, 1.82) is 0 Å². The van der Waals surface area contributed by atoms with Gasteiger partial charge in [0.15, 0.2) is 0 Å². The van der Waals surface area contributed by atoms with Crippen LogP contribution in [0, 0.1) is 0 Å². The van der Waals surface area contributed by atoms with Crippen molar-refractivity contribution in [2.45, 2.75) is 6.18 Å². The molecule has 0 spiro atoms. The van der Waals surface area contributed by atoms with Crippen LogP contribution in [0.3, 0.4) is 0 Å². The van der Waals surface area contributed by atoms with Gasteiger partial charge in [-0.05, 0) is 18.2 Å². The van der Waals surface area contributed by atoms with E-state index >= 15 is 0 Å². The minimum atomic E-state index is -4.36. The molecule has 0 bridgehead atoms. The first-order valence-electron chi connectivity index (χ1n) is 5.20. The van der Waals surface area contributed by atoms with Crippen molar-refractivity contribution in [3.05, 3.63) is 23.8 Å². The van der Waals surface area contributed by atoms with Crippen LogP contribution in [0.5, 0.6) is 0 Å². The number of methoxy groups -OCH3 is 1. The monoisotopic (exact) mass is 289 g/mol. The van der Waals surface area contributed by atoms with E-state index in [1.54, 1.807) is 0 Å². The van der Waals surface area contributed by atoms with E-state index in [-0.39, 0.29) is 12.4 Å². The van der Waals surface area contributed by atoms with Crippen LogP contribution >= 0.6 is 11.3 Å². The molecule has 19 heavy (non-hydrogen) atoms. The molecule has 2 aromatic rings. The maximum atomic E-state index is 12.6. The number of alkyl halides is 3. The molecule has 102 valence electrons. The summed E-state index contributed by atoms with van der Waals surface area (Å²) in [6.45, 7) is 0.143. The van der Waals surface area contributed by atoms with Gasteiger partial charge in [0, 0.05) is 7.11 Å². The van der Waals surface area contributed by atoms with Gasteiger partial charge in [-0.2, -0.15) is 13.2 Å². The van der Waals surface area contributed by atoms with E-state index in [9.17, 15) is 13.2 Å². The number of hydrogen-bond donors (Lipinski definition) is 1. The lowest BCUT2D eigenvalue weighted by atomic mass is 10.2. The third-order valence-corrected chi connectivity index (χ3v) is 3.15. The predicted octanol–water partition coefficient (Wildman–Crippen LogP) is 2.95. The van der Waals surface area contributed by atoms with Gasteiger partial charge < -0.3 is 10.5 Å². The molecule has 0 aliphatic carbocycles. The van der Waals surface area contributed by atoms with Crippen LogP contribution in [-0.2, 0) is 10.9 Å². The first-order valence-corrected chi connectivity index (χ1v) is 6.01. The van der Waals surface area contributed by atoms with Crippen LogP contribution in [0.15, 0.2) is 23.2 Å². The van der Waals surface area contributed by atoms with Gasteiger partial charge in [0.1, 0.15) is 12.4 Å². The molecule has 2 N–H and O–H groups in total. The normalized spacial score (nSPS) is 13.2. The van der Waals surface area contributed by atoms with Crippen molar-refractivity contribution in [1.82, 2.24) is 4.98 Å².